The zero-order valence-electron chi connectivity index (χ0n) is 15.8. The Morgan fingerprint density at radius 2 is 1.53 bits per heavy atom. The summed E-state index contributed by atoms with van der Waals surface area (Å²) in [5.41, 5.74) is 1.16. The van der Waals surface area contributed by atoms with E-state index in [1.54, 1.807) is 6.92 Å². The minimum Gasteiger partial charge on any atom is -0.303 e. The number of benzene rings is 2. The van der Waals surface area contributed by atoms with E-state index in [0.29, 0.717) is 16.9 Å². The summed E-state index contributed by atoms with van der Waals surface area (Å²) in [6.45, 7) is 1.61. The first kappa shape index (κ1) is 19.3. The largest absolute Gasteiger partial charge is 0.329 e. The van der Waals surface area contributed by atoms with Gasteiger partial charge in [0.1, 0.15) is 17.3 Å². The Morgan fingerprint density at radius 3 is 2.17 bits per heavy atom. The molecule has 1 aromatic heterocycles. The minimum atomic E-state index is -0.636. The maximum Gasteiger partial charge on any atom is 0.329 e. The monoisotopic (exact) mass is 410 g/mol. The highest BCUT2D eigenvalue weighted by atomic mass is 19.1. The molecule has 30 heavy (non-hydrogen) atoms. The van der Waals surface area contributed by atoms with E-state index in [1.807, 2.05) is 0 Å². The predicted molar refractivity (Wildman–Crippen MR) is 105 cm³/mol. The van der Waals surface area contributed by atoms with Gasteiger partial charge in [-0.15, -0.1) is 0 Å². The number of hydrogen-bond donors (Lipinski definition) is 2. The summed E-state index contributed by atoms with van der Waals surface area (Å²) in [6.07, 6.45) is 1.30. The first-order valence-electron chi connectivity index (χ1n) is 9.00. The average Bonchev–Trinajstić information content (AvgIpc) is 3.15. The topological polar surface area (TPSA) is 87.2 Å². The van der Waals surface area contributed by atoms with Crippen LogP contribution in [0.25, 0.3) is 11.8 Å². The van der Waals surface area contributed by atoms with E-state index in [2.05, 4.69) is 10.4 Å². The quantitative estimate of drug-likeness (QED) is 0.512. The number of hydrogen-bond acceptors (Lipinski definition) is 3. The molecule has 2 aromatic carbocycles. The predicted octanol–water partition coefficient (Wildman–Crippen LogP) is 2.85. The third kappa shape index (κ3) is 3.52. The molecule has 0 bridgehead atoms. The number of H-pyrrole nitrogens is 1. The number of nitrogens with zero attached hydrogens (tertiary/aromatic N) is 2. The second-order valence-corrected chi connectivity index (χ2v) is 6.77. The number of aromatic nitrogens is 2. The second-order valence-electron chi connectivity index (χ2n) is 6.77. The Hall–Kier alpha value is -4.01. The molecule has 1 saturated heterocycles. The van der Waals surface area contributed by atoms with Gasteiger partial charge in [0.2, 0.25) is 0 Å². The molecule has 0 unspecified atom stereocenters. The summed E-state index contributed by atoms with van der Waals surface area (Å²) in [4.78, 5) is 38.7. The van der Waals surface area contributed by atoms with E-state index in [0.717, 1.165) is 4.90 Å². The molecular formula is C21H16F2N4O3. The van der Waals surface area contributed by atoms with Crippen molar-refractivity contribution in [1.29, 1.82) is 0 Å². The normalized spacial score (nSPS) is 15.2. The van der Waals surface area contributed by atoms with Gasteiger partial charge >= 0.3 is 6.03 Å². The zero-order chi connectivity index (χ0) is 21.4. The van der Waals surface area contributed by atoms with Crippen molar-refractivity contribution < 1.29 is 18.4 Å². The Labute approximate surface area is 169 Å². The Kier molecular flexibility index (Phi) is 4.78. The van der Waals surface area contributed by atoms with E-state index in [4.69, 9.17) is 0 Å². The summed E-state index contributed by atoms with van der Waals surface area (Å²) in [5.74, 6) is -1.45. The molecule has 1 fully saturated rings. The third-order valence-corrected chi connectivity index (χ3v) is 4.71. The van der Waals surface area contributed by atoms with Crippen molar-refractivity contribution in [2.45, 2.75) is 13.5 Å². The molecule has 1 aliphatic heterocycles. The van der Waals surface area contributed by atoms with Gasteiger partial charge in [0.15, 0.2) is 0 Å². The molecular weight excluding hydrogens is 394 g/mol. The Balaban J connectivity index is 1.63. The van der Waals surface area contributed by atoms with Crippen LogP contribution >= 0.6 is 0 Å². The summed E-state index contributed by atoms with van der Waals surface area (Å²) in [5, 5.41) is 5.33. The molecule has 2 heterocycles. The van der Waals surface area contributed by atoms with Gasteiger partial charge < -0.3 is 5.32 Å². The fourth-order valence-electron chi connectivity index (χ4n) is 3.13. The number of carbonyl (C=O) groups is 2. The van der Waals surface area contributed by atoms with Crippen molar-refractivity contribution in [3.8, 4) is 5.69 Å². The van der Waals surface area contributed by atoms with Crippen LogP contribution in [0.5, 0.6) is 0 Å². The molecule has 3 aromatic rings. The average molecular weight is 410 g/mol. The van der Waals surface area contributed by atoms with Crippen molar-refractivity contribution >= 4 is 18.0 Å². The van der Waals surface area contributed by atoms with Crippen LogP contribution in [-0.4, -0.2) is 26.6 Å². The van der Waals surface area contributed by atoms with Gasteiger partial charge in [0.25, 0.3) is 11.5 Å². The maximum absolute atomic E-state index is 13.1. The highest BCUT2D eigenvalue weighted by Crippen LogP contribution is 2.18. The smallest absolute Gasteiger partial charge is 0.303 e. The SMILES string of the molecule is Cc1[nH]n(-c2ccc(F)cc2)c(=O)c1/C=C1\NC(=O)N(Cc2ccc(F)cc2)C1=O. The number of aryl methyl sites for hydroxylation is 1. The first-order valence-corrected chi connectivity index (χ1v) is 9.00. The fourth-order valence-corrected chi connectivity index (χ4v) is 3.13. The van der Waals surface area contributed by atoms with Crippen LogP contribution in [0.1, 0.15) is 16.8 Å². The Bertz CT molecular complexity index is 1220. The maximum atomic E-state index is 13.1. The first-order chi connectivity index (χ1) is 14.3. The van der Waals surface area contributed by atoms with Gasteiger partial charge in [0, 0.05) is 5.69 Å². The fraction of sp³-hybridized carbons (Fsp3) is 0.0952. The molecule has 3 amide bonds. The van der Waals surface area contributed by atoms with Crippen molar-refractivity contribution in [3.63, 3.8) is 0 Å². The standard InChI is InChI=1S/C21H16F2N4O3/c1-12-17(19(28)27(25-12)16-8-6-15(23)7-9-16)10-18-20(29)26(21(30)24-18)11-13-2-4-14(22)5-3-13/h2-10,25H,11H2,1H3,(H,24,30)/b18-10-. The van der Waals surface area contributed by atoms with Crippen molar-refractivity contribution in [1.82, 2.24) is 20.0 Å². The molecule has 0 radical (unpaired) electrons. The lowest BCUT2D eigenvalue weighted by Crippen LogP contribution is -2.30. The number of amides is 3. The van der Waals surface area contributed by atoms with E-state index in [1.165, 1.54) is 59.3 Å². The molecule has 0 saturated carbocycles. The molecule has 152 valence electrons. The highest BCUT2D eigenvalue weighted by Gasteiger charge is 2.34. The number of carbonyl (C=O) groups excluding carboxylic acids is 2. The molecule has 0 aliphatic carbocycles. The van der Waals surface area contributed by atoms with Crippen molar-refractivity contribution in [3.05, 3.63) is 93.0 Å². The highest BCUT2D eigenvalue weighted by molar-refractivity contribution is 6.13. The number of halogens is 2. The number of nitrogens with one attached hydrogen (secondary N) is 2. The van der Waals surface area contributed by atoms with E-state index >= 15 is 0 Å². The van der Waals surface area contributed by atoms with E-state index < -0.39 is 29.1 Å². The van der Waals surface area contributed by atoms with Crippen LogP contribution in [0, 0.1) is 18.6 Å². The van der Waals surface area contributed by atoms with Gasteiger partial charge in [-0.3, -0.25) is 19.6 Å². The lowest BCUT2D eigenvalue weighted by atomic mass is 10.2. The van der Waals surface area contributed by atoms with Crippen LogP contribution < -0.4 is 10.9 Å². The van der Waals surface area contributed by atoms with Crippen LogP contribution in [0.2, 0.25) is 0 Å². The van der Waals surface area contributed by atoms with Crippen LogP contribution in [0.15, 0.2) is 59.0 Å². The van der Waals surface area contributed by atoms with Gasteiger partial charge in [-0.05, 0) is 55.0 Å². The summed E-state index contributed by atoms with van der Waals surface area (Å²) in [7, 11) is 0. The van der Waals surface area contributed by atoms with Crippen molar-refractivity contribution in [2.24, 2.45) is 0 Å². The third-order valence-electron chi connectivity index (χ3n) is 4.71. The lowest BCUT2D eigenvalue weighted by Gasteiger charge is -2.11. The van der Waals surface area contributed by atoms with Gasteiger partial charge in [-0.1, -0.05) is 12.1 Å². The number of rotatable bonds is 4. The number of urea groups is 1. The van der Waals surface area contributed by atoms with E-state index in [-0.39, 0.29) is 17.8 Å². The van der Waals surface area contributed by atoms with Gasteiger partial charge in [0.05, 0.1) is 17.8 Å². The minimum absolute atomic E-state index is 0.0335. The van der Waals surface area contributed by atoms with E-state index in [9.17, 15) is 23.2 Å². The molecule has 9 heteroatoms. The van der Waals surface area contributed by atoms with Crippen LogP contribution in [0.3, 0.4) is 0 Å². The molecule has 2 N–H and O–H groups in total. The molecule has 1 aliphatic rings. The molecule has 0 atom stereocenters. The molecule has 0 spiro atoms. The number of imide groups is 1. The number of aromatic amines is 1. The Morgan fingerprint density at radius 1 is 0.933 bits per heavy atom. The van der Waals surface area contributed by atoms with Gasteiger partial charge in [-0.2, -0.15) is 0 Å². The lowest BCUT2D eigenvalue weighted by molar-refractivity contribution is -0.123. The second kappa shape index (κ2) is 7.43. The summed E-state index contributed by atoms with van der Waals surface area (Å²) in [6, 6.07) is 10.1. The zero-order valence-corrected chi connectivity index (χ0v) is 15.8. The van der Waals surface area contributed by atoms with Crippen molar-refractivity contribution in [2.75, 3.05) is 0 Å². The van der Waals surface area contributed by atoms with Crippen LogP contribution in [0.4, 0.5) is 13.6 Å². The summed E-state index contributed by atoms with van der Waals surface area (Å²) < 4.78 is 27.4. The molecule has 7 nitrogen and oxygen atoms in total. The van der Waals surface area contributed by atoms with Crippen LogP contribution in [-0.2, 0) is 11.3 Å². The van der Waals surface area contributed by atoms with Gasteiger partial charge in [-0.25, -0.2) is 18.3 Å². The molecule has 4 rings (SSSR count). The summed E-state index contributed by atoms with van der Waals surface area (Å²) >= 11 is 0.